The van der Waals surface area contributed by atoms with Crippen LogP contribution in [0.25, 0.3) is 0 Å². The standard InChI is InChI=1S/C7H10N2O3/c10-7(11)1-2-8-3-6-4-9-12-5-6/h4-5,8H,1-3H2,(H,10,11). The molecule has 1 aromatic heterocycles. The molecule has 0 aliphatic carbocycles. The molecule has 0 aromatic carbocycles. The minimum Gasteiger partial charge on any atom is -0.481 e. The molecule has 1 rings (SSSR count). The van der Waals surface area contributed by atoms with Crippen LogP contribution in [0.2, 0.25) is 0 Å². The number of aromatic nitrogens is 1. The van der Waals surface area contributed by atoms with Crippen LogP contribution in [0, 0.1) is 0 Å². The number of hydrogen-bond acceptors (Lipinski definition) is 4. The van der Waals surface area contributed by atoms with E-state index in [0.717, 1.165) is 5.56 Å². The van der Waals surface area contributed by atoms with E-state index in [4.69, 9.17) is 5.11 Å². The largest absolute Gasteiger partial charge is 0.481 e. The van der Waals surface area contributed by atoms with Gasteiger partial charge in [0.05, 0.1) is 12.6 Å². The first-order valence-electron chi connectivity index (χ1n) is 3.60. The summed E-state index contributed by atoms with van der Waals surface area (Å²) in [7, 11) is 0. The lowest BCUT2D eigenvalue weighted by Gasteiger charge is -1.97. The molecule has 0 radical (unpaired) electrons. The molecule has 0 spiro atoms. The molecule has 0 saturated heterocycles. The number of nitrogens with one attached hydrogen (secondary N) is 1. The molecule has 0 atom stereocenters. The number of carboxylic acid groups (broad SMARTS) is 1. The summed E-state index contributed by atoms with van der Waals surface area (Å²) >= 11 is 0. The van der Waals surface area contributed by atoms with Crippen LogP contribution in [0.4, 0.5) is 0 Å². The number of hydrogen-bond donors (Lipinski definition) is 2. The summed E-state index contributed by atoms with van der Waals surface area (Å²) in [5, 5.41) is 14.7. The number of carbonyl (C=O) groups is 1. The molecule has 5 heteroatoms. The van der Waals surface area contributed by atoms with E-state index in [9.17, 15) is 4.79 Å². The Bertz CT molecular complexity index is 233. The van der Waals surface area contributed by atoms with Crippen LogP contribution in [0.5, 0.6) is 0 Å². The van der Waals surface area contributed by atoms with Crippen molar-refractivity contribution in [2.24, 2.45) is 0 Å². The smallest absolute Gasteiger partial charge is 0.304 e. The van der Waals surface area contributed by atoms with Crippen LogP contribution in [0.3, 0.4) is 0 Å². The second-order valence-electron chi connectivity index (χ2n) is 2.35. The van der Waals surface area contributed by atoms with E-state index in [2.05, 4.69) is 15.0 Å². The van der Waals surface area contributed by atoms with Gasteiger partial charge in [-0.15, -0.1) is 0 Å². The highest BCUT2D eigenvalue weighted by Gasteiger charge is 1.97. The molecule has 0 amide bonds. The zero-order valence-corrected chi connectivity index (χ0v) is 6.49. The summed E-state index contributed by atoms with van der Waals surface area (Å²) in [6.07, 6.45) is 3.24. The Balaban J connectivity index is 2.07. The van der Waals surface area contributed by atoms with Gasteiger partial charge >= 0.3 is 5.97 Å². The van der Waals surface area contributed by atoms with Crippen LogP contribution >= 0.6 is 0 Å². The Morgan fingerprint density at radius 2 is 2.58 bits per heavy atom. The molecule has 1 heterocycles. The van der Waals surface area contributed by atoms with Crippen molar-refractivity contribution in [2.75, 3.05) is 6.54 Å². The number of aliphatic carboxylic acids is 1. The molecule has 0 aliphatic heterocycles. The van der Waals surface area contributed by atoms with Crippen molar-refractivity contribution < 1.29 is 14.4 Å². The summed E-state index contributed by atoms with van der Waals surface area (Å²) < 4.78 is 4.59. The highest BCUT2D eigenvalue weighted by Crippen LogP contribution is 1.94. The molecule has 0 unspecified atom stereocenters. The van der Waals surface area contributed by atoms with Gasteiger partial charge in [-0.25, -0.2) is 0 Å². The normalized spacial score (nSPS) is 10.0. The molecular formula is C7H10N2O3. The van der Waals surface area contributed by atoms with E-state index in [1.165, 1.54) is 6.26 Å². The summed E-state index contributed by atoms with van der Waals surface area (Å²) in [4.78, 5) is 10.1. The van der Waals surface area contributed by atoms with Crippen LogP contribution in [-0.2, 0) is 11.3 Å². The Morgan fingerprint density at radius 3 is 3.17 bits per heavy atom. The highest BCUT2D eigenvalue weighted by atomic mass is 16.5. The maximum absolute atomic E-state index is 10.1. The van der Waals surface area contributed by atoms with Crippen molar-refractivity contribution in [3.05, 3.63) is 18.0 Å². The van der Waals surface area contributed by atoms with Gasteiger partial charge < -0.3 is 14.9 Å². The van der Waals surface area contributed by atoms with Crippen LogP contribution in [0.1, 0.15) is 12.0 Å². The van der Waals surface area contributed by atoms with E-state index < -0.39 is 5.97 Å². The average molecular weight is 170 g/mol. The predicted octanol–water partition coefficient (Wildman–Crippen LogP) is 0.239. The topological polar surface area (TPSA) is 75.4 Å². The third kappa shape index (κ3) is 3.16. The van der Waals surface area contributed by atoms with E-state index in [1.54, 1.807) is 6.20 Å². The first kappa shape index (κ1) is 8.73. The van der Waals surface area contributed by atoms with Crippen molar-refractivity contribution in [3.8, 4) is 0 Å². The minimum atomic E-state index is -0.798. The van der Waals surface area contributed by atoms with Gasteiger partial charge in [-0.1, -0.05) is 5.16 Å². The fraction of sp³-hybridized carbons (Fsp3) is 0.429. The molecule has 0 bridgehead atoms. The van der Waals surface area contributed by atoms with Crippen molar-refractivity contribution in [1.29, 1.82) is 0 Å². The van der Waals surface area contributed by atoms with Crippen molar-refractivity contribution in [3.63, 3.8) is 0 Å². The Morgan fingerprint density at radius 1 is 1.75 bits per heavy atom. The summed E-state index contributed by atoms with van der Waals surface area (Å²) in [5.41, 5.74) is 0.917. The Kier molecular flexibility index (Phi) is 3.28. The van der Waals surface area contributed by atoms with Gasteiger partial charge in [-0.2, -0.15) is 0 Å². The second kappa shape index (κ2) is 4.50. The van der Waals surface area contributed by atoms with E-state index >= 15 is 0 Å². The first-order chi connectivity index (χ1) is 5.79. The lowest BCUT2D eigenvalue weighted by Crippen LogP contribution is -2.17. The SMILES string of the molecule is O=C(O)CCNCc1cnoc1. The van der Waals surface area contributed by atoms with E-state index in [-0.39, 0.29) is 6.42 Å². The van der Waals surface area contributed by atoms with Gasteiger partial charge in [-0.3, -0.25) is 4.79 Å². The zero-order chi connectivity index (χ0) is 8.81. The predicted molar refractivity (Wildman–Crippen MR) is 40.5 cm³/mol. The monoisotopic (exact) mass is 170 g/mol. The fourth-order valence-electron chi connectivity index (χ4n) is 0.742. The second-order valence-corrected chi connectivity index (χ2v) is 2.35. The van der Waals surface area contributed by atoms with Gasteiger partial charge in [0.1, 0.15) is 6.26 Å². The molecule has 0 fully saturated rings. The van der Waals surface area contributed by atoms with Gasteiger partial charge in [-0.05, 0) is 0 Å². The van der Waals surface area contributed by atoms with Gasteiger partial charge in [0.25, 0.3) is 0 Å². The van der Waals surface area contributed by atoms with Gasteiger partial charge in [0.15, 0.2) is 0 Å². The minimum absolute atomic E-state index is 0.130. The van der Waals surface area contributed by atoms with E-state index in [1.807, 2.05) is 0 Å². The number of carboxylic acids is 1. The first-order valence-corrected chi connectivity index (χ1v) is 3.60. The van der Waals surface area contributed by atoms with Crippen LogP contribution in [0.15, 0.2) is 17.0 Å². The molecule has 5 nitrogen and oxygen atoms in total. The lowest BCUT2D eigenvalue weighted by molar-refractivity contribution is -0.136. The number of rotatable bonds is 5. The Labute approximate surface area is 69.4 Å². The summed E-state index contributed by atoms with van der Waals surface area (Å²) in [5.74, 6) is -0.798. The van der Waals surface area contributed by atoms with Crippen LogP contribution < -0.4 is 5.32 Å². The molecule has 0 aliphatic rings. The van der Waals surface area contributed by atoms with Crippen molar-refractivity contribution in [2.45, 2.75) is 13.0 Å². The van der Waals surface area contributed by atoms with Gasteiger partial charge in [0, 0.05) is 18.7 Å². The van der Waals surface area contributed by atoms with Crippen LogP contribution in [-0.4, -0.2) is 22.8 Å². The average Bonchev–Trinajstić information content (AvgIpc) is 2.49. The quantitative estimate of drug-likeness (QED) is 0.619. The maximum Gasteiger partial charge on any atom is 0.304 e. The maximum atomic E-state index is 10.1. The molecular weight excluding hydrogens is 160 g/mol. The molecule has 66 valence electrons. The molecule has 2 N–H and O–H groups in total. The van der Waals surface area contributed by atoms with Crippen molar-refractivity contribution in [1.82, 2.24) is 10.5 Å². The molecule has 1 aromatic rings. The third-order valence-corrected chi connectivity index (χ3v) is 1.33. The third-order valence-electron chi connectivity index (χ3n) is 1.33. The van der Waals surface area contributed by atoms with E-state index in [0.29, 0.717) is 13.1 Å². The molecule has 12 heavy (non-hydrogen) atoms. The summed E-state index contributed by atoms with van der Waals surface area (Å²) in [6.45, 7) is 1.05. The molecule has 0 saturated carbocycles. The number of nitrogens with zero attached hydrogens (tertiary/aromatic N) is 1. The fourth-order valence-corrected chi connectivity index (χ4v) is 0.742. The lowest BCUT2D eigenvalue weighted by atomic mass is 10.3. The Hall–Kier alpha value is -1.36. The van der Waals surface area contributed by atoms with Crippen molar-refractivity contribution >= 4 is 5.97 Å². The zero-order valence-electron chi connectivity index (χ0n) is 6.49. The highest BCUT2D eigenvalue weighted by molar-refractivity contribution is 5.66. The van der Waals surface area contributed by atoms with Gasteiger partial charge in [0.2, 0.25) is 0 Å². The summed E-state index contributed by atoms with van der Waals surface area (Å²) in [6, 6.07) is 0.